The van der Waals surface area contributed by atoms with Crippen LogP contribution in [0.3, 0.4) is 0 Å². The topological polar surface area (TPSA) is 83.5 Å². The highest BCUT2D eigenvalue weighted by Crippen LogP contribution is 2.79. The molecule has 0 radical (unpaired) electrons. The monoisotopic (exact) mass is 489 g/mol. The van der Waals surface area contributed by atoms with E-state index in [1.54, 1.807) is 21.3 Å². The highest BCUT2D eigenvalue weighted by molar-refractivity contribution is 5.90. The highest BCUT2D eigenvalue weighted by Gasteiger charge is 2.84. The van der Waals surface area contributed by atoms with Crippen molar-refractivity contribution in [3.63, 3.8) is 0 Å². The van der Waals surface area contributed by atoms with Crippen LogP contribution in [0.2, 0.25) is 0 Å². The lowest BCUT2D eigenvalue weighted by molar-refractivity contribution is -0.292. The summed E-state index contributed by atoms with van der Waals surface area (Å²) in [6, 6.07) is 0.245. The Hall–Kier alpha value is -1.32. The number of Topliss-reactive ketones (excluding diaryl/α,β-unsaturated/α-hetero) is 1. The van der Waals surface area contributed by atoms with Gasteiger partial charge >= 0.3 is 5.97 Å². The zero-order valence-electron chi connectivity index (χ0n) is 21.7. The number of rotatable bonds is 7. The SMILES string of the molecule is CCN1C[C@]2(COC)C(OC(C)=O)C[C@H](OC)[C@@]34[C@@H]5C[C@@H]6C(=O)[C@H](OC)C=C([C@@H]65)[C@@H]([C@H](OC)[C@H]23)[C@@H]14. The highest BCUT2D eigenvalue weighted by atomic mass is 16.6. The summed E-state index contributed by atoms with van der Waals surface area (Å²) in [6.45, 7) is 5.86. The molecule has 1 heterocycles. The van der Waals surface area contributed by atoms with Gasteiger partial charge in [0.1, 0.15) is 12.2 Å². The number of fused-ring (bicyclic) bond motifs is 1. The van der Waals surface area contributed by atoms with E-state index in [1.165, 1.54) is 12.5 Å². The number of ether oxygens (including phenoxy) is 5. The minimum absolute atomic E-state index is 0.0107. The van der Waals surface area contributed by atoms with Gasteiger partial charge in [-0.2, -0.15) is 0 Å². The Morgan fingerprint density at radius 1 is 1.09 bits per heavy atom. The Labute approximate surface area is 207 Å². The summed E-state index contributed by atoms with van der Waals surface area (Å²) < 4.78 is 30.5. The molecule has 0 aromatic carbocycles. The number of ketones is 1. The maximum atomic E-state index is 13.2. The average molecular weight is 490 g/mol. The lowest BCUT2D eigenvalue weighted by Gasteiger charge is -2.72. The van der Waals surface area contributed by atoms with E-state index in [4.69, 9.17) is 23.7 Å². The molecule has 8 nitrogen and oxygen atoms in total. The van der Waals surface area contributed by atoms with Crippen LogP contribution in [0.25, 0.3) is 0 Å². The minimum Gasteiger partial charge on any atom is -0.462 e. The molecule has 12 atom stereocenters. The molecule has 0 aromatic rings. The maximum Gasteiger partial charge on any atom is 0.302 e. The Balaban J connectivity index is 1.61. The second-order valence-corrected chi connectivity index (χ2v) is 11.6. The summed E-state index contributed by atoms with van der Waals surface area (Å²) in [5.74, 6) is 0.731. The number of carbonyl (C=O) groups is 2. The number of carbonyl (C=O) groups excluding carboxylic acids is 2. The Morgan fingerprint density at radius 3 is 2.46 bits per heavy atom. The van der Waals surface area contributed by atoms with Gasteiger partial charge in [-0.3, -0.25) is 14.5 Å². The minimum atomic E-state index is -0.478. The molecule has 0 N–H and O–H groups in total. The van der Waals surface area contributed by atoms with Crippen LogP contribution in [0.1, 0.15) is 26.7 Å². The average Bonchev–Trinajstić information content (AvgIpc) is 2.98. The summed E-state index contributed by atoms with van der Waals surface area (Å²) in [5, 5.41) is 0. The van der Waals surface area contributed by atoms with E-state index in [1.807, 2.05) is 7.11 Å². The van der Waals surface area contributed by atoms with E-state index in [0.717, 1.165) is 19.5 Å². The molecule has 194 valence electrons. The fourth-order valence-corrected chi connectivity index (χ4v) is 10.3. The summed E-state index contributed by atoms with van der Waals surface area (Å²) in [5.41, 5.74) is 0.740. The first-order chi connectivity index (χ1) is 16.8. The predicted octanol–water partition coefficient (Wildman–Crippen LogP) is 1.71. The van der Waals surface area contributed by atoms with E-state index < -0.39 is 11.5 Å². The van der Waals surface area contributed by atoms with Crippen LogP contribution in [-0.4, -0.2) is 95.2 Å². The van der Waals surface area contributed by atoms with E-state index in [9.17, 15) is 9.59 Å². The van der Waals surface area contributed by atoms with Gasteiger partial charge in [0.15, 0.2) is 5.78 Å². The first kappa shape index (κ1) is 24.0. The fourth-order valence-electron chi connectivity index (χ4n) is 10.3. The van der Waals surface area contributed by atoms with E-state index in [0.29, 0.717) is 18.9 Å². The van der Waals surface area contributed by atoms with Crippen LogP contribution in [0, 0.1) is 40.4 Å². The first-order valence-electron chi connectivity index (χ1n) is 13.1. The Morgan fingerprint density at radius 2 is 1.86 bits per heavy atom. The van der Waals surface area contributed by atoms with Crippen LogP contribution in [0.5, 0.6) is 0 Å². The lowest BCUT2D eigenvalue weighted by atomic mass is 9.37. The fraction of sp³-hybridized carbons (Fsp3) is 0.852. The third-order valence-electron chi connectivity index (χ3n) is 10.9. The molecule has 1 spiro atoms. The van der Waals surface area contributed by atoms with Gasteiger partial charge in [0, 0.05) is 83.0 Å². The zero-order chi connectivity index (χ0) is 24.9. The van der Waals surface area contributed by atoms with Crippen molar-refractivity contribution < 1.29 is 33.3 Å². The molecular weight excluding hydrogens is 450 g/mol. The molecule has 1 unspecified atom stereocenters. The normalized spacial score (nSPS) is 51.4. The standard InChI is InChI=1S/C27H39NO7/c1-7-28-11-26(12-31-3)18(35-13(2)29)10-19(33-5)27-16-8-15-20(16)14(9-17(32-4)22(15)30)21(25(27)28)23(34-6)24(26)27/h9,15-21,23-25H,7-8,10-12H2,1-6H3/t15-,16+,17+,18?,19-,20-,21-,23-,24+,25+,26-,27-/m0/s1. The molecule has 6 rings (SSSR count). The van der Waals surface area contributed by atoms with Crippen molar-refractivity contribution in [3.05, 3.63) is 11.6 Å². The van der Waals surface area contributed by atoms with Crippen LogP contribution in [0.15, 0.2) is 11.6 Å². The summed E-state index contributed by atoms with van der Waals surface area (Å²) in [4.78, 5) is 28.2. The largest absolute Gasteiger partial charge is 0.462 e. The van der Waals surface area contributed by atoms with Crippen molar-refractivity contribution in [2.75, 3.05) is 48.1 Å². The molecule has 0 aromatic heterocycles. The Kier molecular flexibility index (Phi) is 5.56. The number of hydrogen-bond donors (Lipinski definition) is 0. The van der Waals surface area contributed by atoms with Gasteiger partial charge in [-0.15, -0.1) is 0 Å². The third kappa shape index (κ3) is 2.65. The van der Waals surface area contributed by atoms with Crippen molar-refractivity contribution in [3.8, 4) is 0 Å². The van der Waals surface area contributed by atoms with E-state index >= 15 is 0 Å². The molecule has 5 bridgehead atoms. The quantitative estimate of drug-likeness (QED) is 0.395. The van der Waals surface area contributed by atoms with Crippen molar-refractivity contribution >= 4 is 11.8 Å². The molecule has 4 saturated carbocycles. The van der Waals surface area contributed by atoms with Crippen molar-refractivity contribution in [1.82, 2.24) is 4.90 Å². The van der Waals surface area contributed by atoms with Gasteiger partial charge in [-0.1, -0.05) is 12.5 Å². The van der Waals surface area contributed by atoms with Gasteiger partial charge in [-0.05, 0) is 30.9 Å². The number of methoxy groups -OCH3 is 4. The van der Waals surface area contributed by atoms with Crippen molar-refractivity contribution in [2.24, 2.45) is 40.4 Å². The number of hydrogen-bond acceptors (Lipinski definition) is 8. The molecule has 1 aliphatic heterocycles. The number of esters is 1. The lowest BCUT2D eigenvalue weighted by Crippen LogP contribution is -2.79. The second kappa shape index (κ2) is 8.09. The molecule has 5 aliphatic carbocycles. The van der Waals surface area contributed by atoms with Crippen LogP contribution in [-0.2, 0) is 33.3 Å². The van der Waals surface area contributed by atoms with E-state index in [-0.39, 0.29) is 65.2 Å². The van der Waals surface area contributed by atoms with Gasteiger partial charge in [0.25, 0.3) is 0 Å². The van der Waals surface area contributed by atoms with Gasteiger partial charge in [0.05, 0.1) is 18.8 Å². The predicted molar refractivity (Wildman–Crippen MR) is 125 cm³/mol. The molecule has 5 fully saturated rings. The summed E-state index contributed by atoms with van der Waals surface area (Å²) in [7, 11) is 6.98. The summed E-state index contributed by atoms with van der Waals surface area (Å²) >= 11 is 0. The smallest absolute Gasteiger partial charge is 0.302 e. The first-order valence-corrected chi connectivity index (χ1v) is 13.1. The molecule has 8 heteroatoms. The molecule has 1 saturated heterocycles. The third-order valence-corrected chi connectivity index (χ3v) is 10.9. The molecule has 35 heavy (non-hydrogen) atoms. The van der Waals surface area contributed by atoms with Crippen LogP contribution < -0.4 is 0 Å². The van der Waals surface area contributed by atoms with Crippen LogP contribution >= 0.6 is 0 Å². The second-order valence-electron chi connectivity index (χ2n) is 11.6. The van der Waals surface area contributed by atoms with Gasteiger partial charge in [0.2, 0.25) is 0 Å². The maximum absolute atomic E-state index is 13.2. The van der Waals surface area contributed by atoms with Crippen molar-refractivity contribution in [2.45, 2.75) is 57.1 Å². The molecule has 6 aliphatic rings. The number of nitrogens with zero attached hydrogens (tertiary/aromatic N) is 1. The van der Waals surface area contributed by atoms with Crippen LogP contribution in [0.4, 0.5) is 0 Å². The van der Waals surface area contributed by atoms with Gasteiger partial charge in [-0.25, -0.2) is 0 Å². The van der Waals surface area contributed by atoms with Crippen molar-refractivity contribution in [1.29, 1.82) is 0 Å². The van der Waals surface area contributed by atoms with Gasteiger partial charge < -0.3 is 23.7 Å². The molecule has 0 amide bonds. The molecular formula is C27H39NO7. The number of piperidine rings is 1. The van der Waals surface area contributed by atoms with E-state index in [2.05, 4.69) is 17.9 Å². The Bertz CT molecular complexity index is 952. The number of likely N-dealkylation sites (tertiary alicyclic amines) is 1. The summed E-state index contributed by atoms with van der Waals surface area (Å²) in [6.07, 6.45) is 2.65. The zero-order valence-corrected chi connectivity index (χ0v) is 21.7.